The van der Waals surface area contributed by atoms with Crippen molar-refractivity contribution in [1.82, 2.24) is 14.4 Å². The average molecular weight is 407 g/mol. The van der Waals surface area contributed by atoms with Gasteiger partial charge in [-0.3, -0.25) is 0 Å². The smallest absolute Gasteiger partial charge is 0.255 e. The van der Waals surface area contributed by atoms with Gasteiger partial charge in [-0.2, -0.15) is 4.98 Å². The zero-order valence-corrected chi connectivity index (χ0v) is 16.5. The number of piperidine rings is 1. The van der Waals surface area contributed by atoms with Gasteiger partial charge in [0, 0.05) is 19.7 Å². The van der Waals surface area contributed by atoms with Crippen molar-refractivity contribution in [3.63, 3.8) is 0 Å². The summed E-state index contributed by atoms with van der Waals surface area (Å²) in [7, 11) is -3.31. The molecule has 2 aliphatic heterocycles. The third kappa shape index (κ3) is 4.78. The molecule has 0 spiro atoms. The molecule has 3 heterocycles. The first-order valence-corrected chi connectivity index (χ1v) is 11.3. The molecule has 0 saturated carbocycles. The topological polar surface area (TPSA) is 94.8 Å². The van der Waals surface area contributed by atoms with Gasteiger partial charge in [0.2, 0.25) is 10.0 Å². The molecule has 0 N–H and O–H groups in total. The van der Waals surface area contributed by atoms with Gasteiger partial charge in [-0.1, -0.05) is 35.5 Å². The molecule has 1 atom stereocenters. The summed E-state index contributed by atoms with van der Waals surface area (Å²) in [6, 6.07) is 9.26. The number of sulfonamides is 1. The molecule has 28 heavy (non-hydrogen) atoms. The second kappa shape index (κ2) is 8.69. The fourth-order valence-electron chi connectivity index (χ4n) is 3.57. The summed E-state index contributed by atoms with van der Waals surface area (Å²) in [4.78, 5) is 4.34. The molecule has 2 aromatic rings. The SMILES string of the molecule is O=S(=O)(Cc1ccccc1)N1CCC(OCc2noc(C3CCCO3)n2)CC1. The lowest BCUT2D eigenvalue weighted by atomic mass is 10.1. The van der Waals surface area contributed by atoms with Crippen molar-refractivity contribution >= 4 is 10.0 Å². The summed E-state index contributed by atoms with van der Waals surface area (Å²) >= 11 is 0. The Balaban J connectivity index is 1.24. The first-order chi connectivity index (χ1) is 13.6. The quantitative estimate of drug-likeness (QED) is 0.696. The molecular formula is C19H25N3O5S. The Morgan fingerprint density at radius 3 is 2.64 bits per heavy atom. The number of hydrogen-bond donors (Lipinski definition) is 0. The van der Waals surface area contributed by atoms with Crippen molar-refractivity contribution in [1.29, 1.82) is 0 Å². The van der Waals surface area contributed by atoms with Crippen molar-refractivity contribution in [2.45, 2.75) is 50.3 Å². The minimum atomic E-state index is -3.31. The van der Waals surface area contributed by atoms with Gasteiger partial charge in [0.1, 0.15) is 12.7 Å². The Bertz CT molecular complexity index is 857. The van der Waals surface area contributed by atoms with Gasteiger partial charge in [0.05, 0.1) is 11.9 Å². The van der Waals surface area contributed by atoms with E-state index in [2.05, 4.69) is 10.1 Å². The number of aromatic nitrogens is 2. The maximum Gasteiger partial charge on any atom is 0.255 e. The predicted molar refractivity (Wildman–Crippen MR) is 101 cm³/mol. The average Bonchev–Trinajstić information content (AvgIpc) is 3.39. The fourth-order valence-corrected chi connectivity index (χ4v) is 5.14. The van der Waals surface area contributed by atoms with Crippen LogP contribution in [0.4, 0.5) is 0 Å². The van der Waals surface area contributed by atoms with Crippen molar-refractivity contribution in [2.24, 2.45) is 0 Å². The Morgan fingerprint density at radius 1 is 1.14 bits per heavy atom. The normalized spacial score (nSPS) is 21.9. The van der Waals surface area contributed by atoms with E-state index < -0.39 is 10.0 Å². The second-order valence-corrected chi connectivity index (χ2v) is 9.17. The molecule has 2 aliphatic rings. The molecule has 4 rings (SSSR count). The van der Waals surface area contributed by atoms with Crippen LogP contribution in [-0.4, -0.2) is 48.7 Å². The molecule has 2 fully saturated rings. The fraction of sp³-hybridized carbons (Fsp3) is 0.579. The highest BCUT2D eigenvalue weighted by Gasteiger charge is 2.29. The monoisotopic (exact) mass is 407 g/mol. The Morgan fingerprint density at radius 2 is 1.93 bits per heavy atom. The van der Waals surface area contributed by atoms with Crippen LogP contribution in [0.5, 0.6) is 0 Å². The molecule has 0 bridgehead atoms. The van der Waals surface area contributed by atoms with Crippen molar-refractivity contribution in [2.75, 3.05) is 19.7 Å². The first kappa shape index (κ1) is 19.5. The van der Waals surface area contributed by atoms with Gasteiger partial charge in [-0.25, -0.2) is 12.7 Å². The highest BCUT2D eigenvalue weighted by Crippen LogP contribution is 2.27. The zero-order valence-electron chi connectivity index (χ0n) is 15.7. The minimum Gasteiger partial charge on any atom is -0.370 e. The van der Waals surface area contributed by atoms with Gasteiger partial charge in [-0.15, -0.1) is 0 Å². The van der Waals surface area contributed by atoms with E-state index in [4.69, 9.17) is 14.0 Å². The Hall–Kier alpha value is -1.81. The summed E-state index contributed by atoms with van der Waals surface area (Å²) in [6.45, 7) is 1.92. The van der Waals surface area contributed by atoms with Crippen LogP contribution in [0.1, 0.15) is 49.1 Å². The van der Waals surface area contributed by atoms with E-state index in [0.717, 1.165) is 25.0 Å². The lowest BCUT2D eigenvalue weighted by molar-refractivity contribution is 0.00635. The summed E-state index contributed by atoms with van der Waals surface area (Å²) in [5.41, 5.74) is 0.806. The van der Waals surface area contributed by atoms with Crippen LogP contribution in [0.2, 0.25) is 0 Å². The standard InChI is InChI=1S/C19H25N3O5S/c23-28(24,14-15-5-2-1-3-6-15)22-10-8-16(9-11-22)26-13-18-20-19(27-21-18)17-7-4-12-25-17/h1-3,5-6,16-17H,4,7-14H2. The van der Waals surface area contributed by atoms with Crippen molar-refractivity contribution < 1.29 is 22.4 Å². The zero-order chi connectivity index (χ0) is 19.4. The Labute approximate surface area is 164 Å². The molecule has 1 unspecified atom stereocenters. The van der Waals surface area contributed by atoms with E-state index in [1.165, 1.54) is 0 Å². The van der Waals surface area contributed by atoms with Crippen LogP contribution in [0.15, 0.2) is 34.9 Å². The highest BCUT2D eigenvalue weighted by molar-refractivity contribution is 7.88. The van der Waals surface area contributed by atoms with Gasteiger partial charge in [0.15, 0.2) is 5.82 Å². The van der Waals surface area contributed by atoms with Crippen LogP contribution in [0, 0.1) is 0 Å². The minimum absolute atomic E-state index is 0.00661. The molecule has 9 heteroatoms. The second-order valence-electron chi connectivity index (χ2n) is 7.20. The van der Waals surface area contributed by atoms with Gasteiger partial charge < -0.3 is 14.0 Å². The summed E-state index contributed by atoms with van der Waals surface area (Å²) in [6.07, 6.45) is 3.12. The highest BCUT2D eigenvalue weighted by atomic mass is 32.2. The predicted octanol–water partition coefficient (Wildman–Crippen LogP) is 2.43. The van der Waals surface area contributed by atoms with E-state index in [9.17, 15) is 8.42 Å². The lowest BCUT2D eigenvalue weighted by Crippen LogP contribution is -2.41. The maximum absolute atomic E-state index is 12.6. The molecule has 8 nitrogen and oxygen atoms in total. The third-order valence-corrected chi connectivity index (χ3v) is 6.97. The van der Waals surface area contributed by atoms with E-state index >= 15 is 0 Å². The molecule has 2 saturated heterocycles. The van der Waals surface area contributed by atoms with Crippen LogP contribution in [0.3, 0.4) is 0 Å². The van der Waals surface area contributed by atoms with Crippen molar-refractivity contribution in [3.8, 4) is 0 Å². The number of ether oxygens (including phenoxy) is 2. The number of hydrogen-bond acceptors (Lipinski definition) is 7. The molecule has 0 amide bonds. The van der Waals surface area contributed by atoms with Gasteiger partial charge in [-0.05, 0) is 31.2 Å². The van der Waals surface area contributed by atoms with E-state index in [0.29, 0.717) is 37.6 Å². The summed E-state index contributed by atoms with van der Waals surface area (Å²) in [5.74, 6) is 1.05. The molecule has 0 aliphatic carbocycles. The van der Waals surface area contributed by atoms with Gasteiger partial charge in [0.25, 0.3) is 5.89 Å². The third-order valence-electron chi connectivity index (χ3n) is 5.12. The molecule has 152 valence electrons. The maximum atomic E-state index is 12.6. The van der Waals surface area contributed by atoms with Crippen LogP contribution < -0.4 is 0 Å². The van der Waals surface area contributed by atoms with Gasteiger partial charge >= 0.3 is 0 Å². The molecular weight excluding hydrogens is 382 g/mol. The summed E-state index contributed by atoms with van der Waals surface area (Å²) < 4.78 is 43.4. The number of nitrogens with zero attached hydrogens (tertiary/aromatic N) is 3. The largest absolute Gasteiger partial charge is 0.370 e. The van der Waals surface area contributed by atoms with Crippen LogP contribution in [0.25, 0.3) is 0 Å². The van der Waals surface area contributed by atoms with E-state index in [-0.39, 0.29) is 24.6 Å². The van der Waals surface area contributed by atoms with Crippen LogP contribution in [-0.2, 0) is 31.9 Å². The van der Waals surface area contributed by atoms with E-state index in [1.807, 2.05) is 30.3 Å². The molecule has 1 aromatic carbocycles. The first-order valence-electron chi connectivity index (χ1n) is 9.67. The van der Waals surface area contributed by atoms with E-state index in [1.54, 1.807) is 4.31 Å². The molecule has 0 radical (unpaired) electrons. The van der Waals surface area contributed by atoms with Crippen molar-refractivity contribution in [3.05, 3.63) is 47.6 Å². The number of benzene rings is 1. The molecule has 1 aromatic heterocycles. The lowest BCUT2D eigenvalue weighted by Gasteiger charge is -2.31. The van der Waals surface area contributed by atoms with Crippen LogP contribution >= 0.6 is 0 Å². The summed E-state index contributed by atoms with van der Waals surface area (Å²) in [5, 5.41) is 3.95. The number of rotatable bonds is 7. The Kier molecular flexibility index (Phi) is 6.05.